The second-order valence-corrected chi connectivity index (χ2v) is 6.49. The third kappa shape index (κ3) is 4.69. The highest BCUT2D eigenvalue weighted by Gasteiger charge is 2.34. The minimum absolute atomic E-state index is 0.243. The Labute approximate surface area is 154 Å². The van der Waals surface area contributed by atoms with E-state index in [4.69, 9.17) is 0 Å². The number of alkyl halides is 3. The van der Waals surface area contributed by atoms with Crippen LogP contribution in [0.15, 0.2) is 47.4 Å². The molecule has 1 aliphatic heterocycles. The Morgan fingerprint density at radius 3 is 2.37 bits per heavy atom. The molecule has 0 unspecified atom stereocenters. The number of carbonyl (C=O) groups is 1. The van der Waals surface area contributed by atoms with Gasteiger partial charge in [-0.2, -0.15) is 13.2 Å². The number of aromatic nitrogens is 1. The van der Waals surface area contributed by atoms with Gasteiger partial charge in [-0.25, -0.2) is 0 Å². The molecule has 0 aliphatic carbocycles. The molecule has 144 valence electrons. The number of pyridine rings is 1. The van der Waals surface area contributed by atoms with E-state index in [9.17, 15) is 22.8 Å². The van der Waals surface area contributed by atoms with E-state index < -0.39 is 29.8 Å². The first-order valence-corrected chi connectivity index (χ1v) is 8.72. The molecule has 1 aromatic heterocycles. The second-order valence-electron chi connectivity index (χ2n) is 6.49. The highest BCUT2D eigenvalue weighted by atomic mass is 19.4. The molecule has 0 spiro atoms. The zero-order valence-electron chi connectivity index (χ0n) is 14.6. The zero-order valence-corrected chi connectivity index (χ0v) is 14.6. The smallest absolute Gasteiger partial charge is 0.372 e. The minimum Gasteiger partial charge on any atom is -0.372 e. The fraction of sp³-hybridized carbons (Fsp3) is 0.368. The molecule has 1 N–H and O–H groups in total. The van der Waals surface area contributed by atoms with Crippen LogP contribution < -0.4 is 15.8 Å². The van der Waals surface area contributed by atoms with Crippen molar-refractivity contribution in [2.45, 2.75) is 32.1 Å². The summed E-state index contributed by atoms with van der Waals surface area (Å²) < 4.78 is 39.0. The van der Waals surface area contributed by atoms with Gasteiger partial charge in [0.15, 0.2) is 0 Å². The van der Waals surface area contributed by atoms with Crippen LogP contribution in [0.4, 0.5) is 18.9 Å². The van der Waals surface area contributed by atoms with E-state index in [1.165, 1.54) is 19.0 Å². The molecule has 8 heteroatoms. The lowest BCUT2D eigenvalue weighted by Crippen LogP contribution is -2.34. The first-order chi connectivity index (χ1) is 12.8. The van der Waals surface area contributed by atoms with E-state index in [2.05, 4.69) is 10.2 Å². The van der Waals surface area contributed by atoms with E-state index >= 15 is 0 Å². The standard InChI is InChI=1S/C19H20F3N3O2/c20-19(21,22)16-4-3-11-25(18(16)27)13-17(26)23-12-14-5-7-15(8-6-14)24-9-1-2-10-24/h3-8,11H,1-2,9-10,12-13H2,(H,23,26). The van der Waals surface area contributed by atoms with E-state index in [-0.39, 0.29) is 6.54 Å². The molecular weight excluding hydrogens is 359 g/mol. The molecule has 5 nitrogen and oxygen atoms in total. The summed E-state index contributed by atoms with van der Waals surface area (Å²) in [6, 6.07) is 9.61. The van der Waals surface area contributed by atoms with Gasteiger partial charge in [0.1, 0.15) is 12.1 Å². The Balaban J connectivity index is 1.58. The molecule has 2 aromatic rings. The summed E-state index contributed by atoms with van der Waals surface area (Å²) in [7, 11) is 0. The summed E-state index contributed by atoms with van der Waals surface area (Å²) in [6.07, 6.45) is -1.20. The maximum atomic E-state index is 12.8. The van der Waals surface area contributed by atoms with Crippen LogP contribution in [0.5, 0.6) is 0 Å². The predicted octanol–water partition coefficient (Wildman–Crippen LogP) is 2.78. The number of nitrogens with one attached hydrogen (secondary N) is 1. The quantitative estimate of drug-likeness (QED) is 0.869. The van der Waals surface area contributed by atoms with Gasteiger partial charge in [-0.15, -0.1) is 0 Å². The Morgan fingerprint density at radius 2 is 1.74 bits per heavy atom. The maximum absolute atomic E-state index is 12.8. The fourth-order valence-electron chi connectivity index (χ4n) is 3.09. The number of nitrogens with zero attached hydrogens (tertiary/aromatic N) is 2. The average Bonchev–Trinajstić information content (AvgIpc) is 3.16. The second kappa shape index (κ2) is 7.85. The molecule has 0 radical (unpaired) electrons. The molecule has 1 aliphatic rings. The number of halogens is 3. The van der Waals surface area contributed by atoms with E-state index in [0.717, 1.165) is 35.0 Å². The van der Waals surface area contributed by atoms with Crippen LogP contribution in [0.25, 0.3) is 0 Å². The van der Waals surface area contributed by atoms with Crippen LogP contribution in [0.1, 0.15) is 24.0 Å². The van der Waals surface area contributed by atoms with Crippen LogP contribution >= 0.6 is 0 Å². The summed E-state index contributed by atoms with van der Waals surface area (Å²) in [5, 5.41) is 2.63. The topological polar surface area (TPSA) is 54.3 Å². The number of rotatable bonds is 5. The van der Waals surface area contributed by atoms with Gasteiger partial charge >= 0.3 is 6.18 Å². The number of carbonyl (C=O) groups excluding carboxylic acids is 1. The van der Waals surface area contributed by atoms with Crippen molar-refractivity contribution >= 4 is 11.6 Å². The monoisotopic (exact) mass is 379 g/mol. The number of anilines is 1. The van der Waals surface area contributed by atoms with Crippen LogP contribution in [0.3, 0.4) is 0 Å². The molecule has 27 heavy (non-hydrogen) atoms. The van der Waals surface area contributed by atoms with Crippen molar-refractivity contribution in [1.82, 2.24) is 9.88 Å². The van der Waals surface area contributed by atoms with Gasteiger partial charge in [-0.1, -0.05) is 12.1 Å². The molecule has 0 bridgehead atoms. The average molecular weight is 379 g/mol. The molecule has 1 saturated heterocycles. The van der Waals surface area contributed by atoms with Crippen molar-refractivity contribution < 1.29 is 18.0 Å². The first-order valence-electron chi connectivity index (χ1n) is 8.72. The number of amides is 1. The first kappa shape index (κ1) is 19.0. The van der Waals surface area contributed by atoms with Crippen molar-refractivity contribution in [1.29, 1.82) is 0 Å². The van der Waals surface area contributed by atoms with Crippen LogP contribution in [0, 0.1) is 0 Å². The predicted molar refractivity (Wildman–Crippen MR) is 95.4 cm³/mol. The Hall–Kier alpha value is -2.77. The molecule has 2 heterocycles. The van der Waals surface area contributed by atoms with Gasteiger partial charge in [0.2, 0.25) is 5.91 Å². The lowest BCUT2D eigenvalue weighted by atomic mass is 10.2. The number of hydrogen-bond acceptors (Lipinski definition) is 3. The highest BCUT2D eigenvalue weighted by molar-refractivity contribution is 5.75. The Kier molecular flexibility index (Phi) is 5.53. The lowest BCUT2D eigenvalue weighted by Gasteiger charge is -2.17. The zero-order chi connectivity index (χ0) is 19.4. The van der Waals surface area contributed by atoms with Gasteiger partial charge < -0.3 is 14.8 Å². The molecule has 1 aromatic carbocycles. The van der Waals surface area contributed by atoms with Gasteiger partial charge in [-0.05, 0) is 42.7 Å². The van der Waals surface area contributed by atoms with Crippen molar-refractivity contribution in [3.05, 3.63) is 64.1 Å². The van der Waals surface area contributed by atoms with E-state index in [0.29, 0.717) is 6.07 Å². The molecule has 1 fully saturated rings. The summed E-state index contributed by atoms with van der Waals surface area (Å²) in [6.45, 7) is 1.87. The van der Waals surface area contributed by atoms with Gasteiger partial charge in [-0.3, -0.25) is 9.59 Å². The molecule has 0 saturated carbocycles. The molecule has 1 amide bonds. The van der Waals surface area contributed by atoms with Crippen molar-refractivity contribution in [3.8, 4) is 0 Å². The Morgan fingerprint density at radius 1 is 1.07 bits per heavy atom. The SMILES string of the molecule is O=C(Cn1cccc(C(F)(F)F)c1=O)NCc1ccc(N2CCCC2)cc1. The highest BCUT2D eigenvalue weighted by Crippen LogP contribution is 2.26. The fourth-order valence-corrected chi connectivity index (χ4v) is 3.09. The van der Waals surface area contributed by atoms with Crippen molar-refractivity contribution in [3.63, 3.8) is 0 Å². The lowest BCUT2D eigenvalue weighted by molar-refractivity contribution is -0.139. The van der Waals surface area contributed by atoms with Gasteiger partial charge in [0.05, 0.1) is 0 Å². The van der Waals surface area contributed by atoms with Gasteiger partial charge in [0.25, 0.3) is 5.56 Å². The van der Waals surface area contributed by atoms with Crippen LogP contribution in [-0.2, 0) is 24.1 Å². The number of hydrogen-bond donors (Lipinski definition) is 1. The van der Waals surface area contributed by atoms with E-state index in [1.807, 2.05) is 24.3 Å². The van der Waals surface area contributed by atoms with E-state index in [1.54, 1.807) is 0 Å². The van der Waals surface area contributed by atoms with Crippen molar-refractivity contribution in [2.24, 2.45) is 0 Å². The maximum Gasteiger partial charge on any atom is 0.421 e. The third-order valence-corrected chi connectivity index (χ3v) is 4.54. The van der Waals surface area contributed by atoms with Gasteiger partial charge in [0, 0.05) is 31.5 Å². The van der Waals surface area contributed by atoms with Crippen LogP contribution in [-0.4, -0.2) is 23.6 Å². The summed E-state index contributed by atoms with van der Waals surface area (Å²) in [5.41, 5.74) is -0.494. The minimum atomic E-state index is -4.74. The normalized spacial score (nSPS) is 14.4. The molecule has 0 atom stereocenters. The summed E-state index contributed by atoms with van der Waals surface area (Å²) in [5.74, 6) is -0.528. The van der Waals surface area contributed by atoms with Crippen LogP contribution in [0.2, 0.25) is 0 Å². The largest absolute Gasteiger partial charge is 0.421 e. The molecular formula is C19H20F3N3O2. The summed E-state index contributed by atoms with van der Waals surface area (Å²) in [4.78, 5) is 26.2. The van der Waals surface area contributed by atoms with Crippen molar-refractivity contribution in [2.75, 3.05) is 18.0 Å². The number of benzene rings is 1. The third-order valence-electron chi connectivity index (χ3n) is 4.54. The molecule has 3 rings (SSSR count). The summed E-state index contributed by atoms with van der Waals surface area (Å²) >= 11 is 0. The Bertz CT molecular complexity index is 854.